The molecule has 0 aliphatic heterocycles. The number of imidazole rings is 1. The Morgan fingerprint density at radius 1 is 1.14 bits per heavy atom. The van der Waals surface area contributed by atoms with E-state index in [4.69, 9.17) is 4.42 Å². The number of benzene rings is 2. The fourth-order valence-electron chi connectivity index (χ4n) is 3.31. The predicted octanol–water partition coefficient (Wildman–Crippen LogP) is 3.82. The maximum atomic E-state index is 12.7. The molecule has 2 aromatic carbocycles. The molecule has 29 heavy (non-hydrogen) atoms. The molecule has 0 fully saturated rings. The molecule has 0 saturated carbocycles. The highest BCUT2D eigenvalue weighted by Crippen LogP contribution is 2.23. The predicted molar refractivity (Wildman–Crippen MR) is 107 cm³/mol. The average Bonchev–Trinajstić information content (AvgIpc) is 3.35. The molecule has 0 aliphatic rings. The number of fused-ring (bicyclic) bond motifs is 1. The highest BCUT2D eigenvalue weighted by Gasteiger charge is 2.25. The Labute approximate surface area is 167 Å². The summed E-state index contributed by atoms with van der Waals surface area (Å²) in [6, 6.07) is 19.2. The summed E-state index contributed by atoms with van der Waals surface area (Å²) >= 11 is 0. The van der Waals surface area contributed by atoms with Gasteiger partial charge in [-0.2, -0.15) is 5.26 Å². The van der Waals surface area contributed by atoms with Crippen LogP contribution in [0.3, 0.4) is 0 Å². The van der Waals surface area contributed by atoms with Crippen molar-refractivity contribution in [2.24, 2.45) is 7.05 Å². The lowest BCUT2D eigenvalue weighted by Gasteiger charge is -2.08. The van der Waals surface area contributed by atoms with Gasteiger partial charge < -0.3 is 8.98 Å². The minimum atomic E-state index is -0.894. The summed E-state index contributed by atoms with van der Waals surface area (Å²) in [5.41, 5.74) is 2.53. The molecule has 0 N–H and O–H groups in total. The molecule has 2 heterocycles. The normalized spacial score (nSPS) is 12.0. The van der Waals surface area contributed by atoms with Crippen LogP contribution in [0.5, 0.6) is 0 Å². The number of rotatable bonds is 7. The maximum Gasteiger partial charge on any atom is 0.247 e. The van der Waals surface area contributed by atoms with Crippen molar-refractivity contribution >= 4 is 16.8 Å². The van der Waals surface area contributed by atoms with Crippen LogP contribution in [0.25, 0.3) is 22.5 Å². The Kier molecular flexibility index (Phi) is 5.16. The van der Waals surface area contributed by atoms with Gasteiger partial charge in [0.25, 0.3) is 0 Å². The van der Waals surface area contributed by atoms with E-state index in [0.29, 0.717) is 30.4 Å². The summed E-state index contributed by atoms with van der Waals surface area (Å²) in [5.74, 6) is 0.362. The van der Waals surface area contributed by atoms with E-state index in [9.17, 15) is 10.1 Å². The highest BCUT2D eigenvalue weighted by molar-refractivity contribution is 5.89. The molecule has 0 amide bonds. The number of aromatic nitrogens is 4. The van der Waals surface area contributed by atoms with E-state index in [1.807, 2.05) is 66.2 Å². The SMILES string of the molecule is Cn1c(C(C#N)C(=O)CCCc2nnc(-c3ccccc3)o2)nc2ccccc21. The van der Waals surface area contributed by atoms with Gasteiger partial charge in [0.2, 0.25) is 11.8 Å². The zero-order valence-electron chi connectivity index (χ0n) is 15.9. The summed E-state index contributed by atoms with van der Waals surface area (Å²) in [5, 5.41) is 17.7. The van der Waals surface area contributed by atoms with Crippen LogP contribution < -0.4 is 0 Å². The van der Waals surface area contributed by atoms with E-state index in [-0.39, 0.29) is 12.2 Å². The molecular weight excluding hydrogens is 366 g/mol. The van der Waals surface area contributed by atoms with Gasteiger partial charge in [-0.3, -0.25) is 4.79 Å². The molecule has 0 radical (unpaired) electrons. The first kappa shape index (κ1) is 18.6. The Bertz CT molecular complexity index is 1190. The molecule has 7 heteroatoms. The molecule has 4 aromatic rings. The lowest BCUT2D eigenvalue weighted by Crippen LogP contribution is -2.15. The molecule has 4 rings (SSSR count). The number of nitriles is 1. The number of nitrogens with zero attached hydrogens (tertiary/aromatic N) is 5. The van der Waals surface area contributed by atoms with Gasteiger partial charge in [0, 0.05) is 25.5 Å². The smallest absolute Gasteiger partial charge is 0.247 e. The average molecular weight is 385 g/mol. The van der Waals surface area contributed by atoms with Crippen molar-refractivity contribution in [2.45, 2.75) is 25.2 Å². The fourth-order valence-corrected chi connectivity index (χ4v) is 3.31. The van der Waals surface area contributed by atoms with E-state index in [1.54, 1.807) is 0 Å². The van der Waals surface area contributed by atoms with Gasteiger partial charge in [-0.15, -0.1) is 10.2 Å². The van der Waals surface area contributed by atoms with Gasteiger partial charge in [-0.05, 0) is 30.7 Å². The largest absolute Gasteiger partial charge is 0.421 e. The van der Waals surface area contributed by atoms with Crippen LogP contribution in [0.4, 0.5) is 0 Å². The summed E-state index contributed by atoms with van der Waals surface area (Å²) < 4.78 is 7.48. The van der Waals surface area contributed by atoms with Crippen LogP contribution in [0.2, 0.25) is 0 Å². The molecule has 7 nitrogen and oxygen atoms in total. The lowest BCUT2D eigenvalue weighted by atomic mass is 10.00. The highest BCUT2D eigenvalue weighted by atomic mass is 16.4. The molecular formula is C22H19N5O2. The first-order valence-electron chi connectivity index (χ1n) is 9.39. The first-order valence-corrected chi connectivity index (χ1v) is 9.39. The number of ketones is 1. The van der Waals surface area contributed by atoms with Crippen molar-refractivity contribution in [1.82, 2.24) is 19.7 Å². The van der Waals surface area contributed by atoms with Crippen LogP contribution in [0.15, 0.2) is 59.0 Å². The number of Topliss-reactive ketones (excluding diaryl/α,β-unsaturated/α-hetero) is 1. The van der Waals surface area contributed by atoms with Gasteiger partial charge in [0.15, 0.2) is 11.7 Å². The minimum Gasteiger partial charge on any atom is -0.421 e. The Morgan fingerprint density at radius 2 is 1.90 bits per heavy atom. The minimum absolute atomic E-state index is 0.159. The Balaban J connectivity index is 1.40. The zero-order chi connectivity index (χ0) is 20.2. The van der Waals surface area contributed by atoms with Crippen LogP contribution in [-0.4, -0.2) is 25.5 Å². The van der Waals surface area contributed by atoms with Gasteiger partial charge in [-0.1, -0.05) is 30.3 Å². The van der Waals surface area contributed by atoms with E-state index in [0.717, 1.165) is 16.6 Å². The molecule has 0 bridgehead atoms. The molecule has 0 spiro atoms. The molecule has 144 valence electrons. The molecule has 1 atom stereocenters. The standard InChI is InChI=1S/C22H19N5O2/c1-27-18-11-6-5-10-17(18)24-21(27)16(14-23)19(28)12-7-13-20-25-26-22(29-20)15-8-3-2-4-9-15/h2-6,8-11,16H,7,12-13H2,1H3. The van der Waals surface area contributed by atoms with E-state index in [1.165, 1.54) is 0 Å². The van der Waals surface area contributed by atoms with E-state index < -0.39 is 5.92 Å². The van der Waals surface area contributed by atoms with Crippen LogP contribution in [-0.2, 0) is 18.3 Å². The van der Waals surface area contributed by atoms with Crippen molar-refractivity contribution in [3.63, 3.8) is 0 Å². The van der Waals surface area contributed by atoms with Gasteiger partial charge in [0.1, 0.15) is 5.82 Å². The van der Waals surface area contributed by atoms with Crippen LogP contribution in [0.1, 0.15) is 30.5 Å². The van der Waals surface area contributed by atoms with E-state index >= 15 is 0 Å². The second-order valence-electron chi connectivity index (χ2n) is 6.77. The quantitative estimate of drug-likeness (QED) is 0.480. The summed E-state index contributed by atoms with van der Waals surface area (Å²) in [6.07, 6.45) is 1.24. The van der Waals surface area contributed by atoms with Crippen molar-refractivity contribution in [2.75, 3.05) is 0 Å². The zero-order valence-corrected chi connectivity index (χ0v) is 15.9. The maximum absolute atomic E-state index is 12.7. The summed E-state index contributed by atoms with van der Waals surface area (Å²) in [6.45, 7) is 0. The van der Waals surface area contributed by atoms with Crippen LogP contribution in [0, 0.1) is 11.3 Å². The number of carbonyl (C=O) groups is 1. The summed E-state index contributed by atoms with van der Waals surface area (Å²) in [7, 11) is 1.83. The van der Waals surface area contributed by atoms with Crippen molar-refractivity contribution in [3.05, 3.63) is 66.3 Å². The Morgan fingerprint density at radius 3 is 2.66 bits per heavy atom. The third-order valence-electron chi connectivity index (χ3n) is 4.83. The van der Waals surface area contributed by atoms with Crippen LogP contribution >= 0.6 is 0 Å². The van der Waals surface area contributed by atoms with E-state index in [2.05, 4.69) is 21.3 Å². The molecule has 0 saturated heterocycles. The second kappa shape index (κ2) is 8.07. The van der Waals surface area contributed by atoms with Crippen molar-refractivity contribution in [1.29, 1.82) is 5.26 Å². The Hall–Kier alpha value is -3.79. The third-order valence-corrected chi connectivity index (χ3v) is 4.83. The number of hydrogen-bond acceptors (Lipinski definition) is 6. The van der Waals surface area contributed by atoms with Gasteiger partial charge >= 0.3 is 0 Å². The topological polar surface area (TPSA) is 97.6 Å². The number of para-hydroxylation sites is 2. The van der Waals surface area contributed by atoms with Gasteiger partial charge in [0.05, 0.1) is 17.1 Å². The van der Waals surface area contributed by atoms with Crippen molar-refractivity contribution < 1.29 is 9.21 Å². The number of carbonyl (C=O) groups excluding carboxylic acids is 1. The number of hydrogen-bond donors (Lipinski definition) is 0. The number of aryl methyl sites for hydroxylation is 2. The second-order valence-corrected chi connectivity index (χ2v) is 6.77. The first-order chi connectivity index (χ1) is 14.2. The fraction of sp³-hybridized carbons (Fsp3) is 0.227. The van der Waals surface area contributed by atoms with Crippen molar-refractivity contribution in [3.8, 4) is 17.5 Å². The third kappa shape index (κ3) is 3.78. The lowest BCUT2D eigenvalue weighted by molar-refractivity contribution is -0.119. The molecule has 2 aromatic heterocycles. The summed E-state index contributed by atoms with van der Waals surface area (Å²) in [4.78, 5) is 17.2. The molecule has 0 aliphatic carbocycles. The monoisotopic (exact) mass is 385 g/mol. The molecule has 1 unspecified atom stereocenters. The van der Waals surface area contributed by atoms with Gasteiger partial charge in [-0.25, -0.2) is 4.98 Å².